The minimum Gasteiger partial charge on any atom is -0.396 e. The number of aryl methyl sites for hydroxylation is 1. The second-order valence-corrected chi connectivity index (χ2v) is 4.60. The minimum absolute atomic E-state index is 0.214. The Morgan fingerprint density at radius 2 is 2.06 bits per heavy atom. The molecule has 0 aliphatic carbocycles. The van der Waals surface area contributed by atoms with Gasteiger partial charge < -0.3 is 9.67 Å². The lowest BCUT2D eigenvalue weighted by Gasteiger charge is -2.09. The zero-order valence-electron chi connectivity index (χ0n) is 10.2. The highest BCUT2D eigenvalue weighted by atomic mass is 16.2. The molecule has 0 atom stereocenters. The second kappa shape index (κ2) is 4.30. The van der Waals surface area contributed by atoms with Crippen LogP contribution < -0.4 is 0 Å². The number of benzene rings is 1. The van der Waals surface area contributed by atoms with Gasteiger partial charge in [-0.15, -0.1) is 0 Å². The number of hydrogen-bond donors (Lipinski definition) is 1. The molecule has 0 aliphatic rings. The van der Waals surface area contributed by atoms with E-state index in [0.29, 0.717) is 6.04 Å². The summed E-state index contributed by atoms with van der Waals surface area (Å²) in [6.07, 6.45) is 2.92. The maximum Gasteiger partial charge on any atom is 0.0488 e. The van der Waals surface area contributed by atoms with Crippen LogP contribution >= 0.6 is 0 Å². The predicted octanol–water partition coefficient (Wildman–Crippen LogP) is 3.07. The van der Waals surface area contributed by atoms with Crippen LogP contribution in [0.25, 0.3) is 10.9 Å². The molecular weight excluding hydrogens is 198 g/mol. The third kappa shape index (κ3) is 1.74. The lowest BCUT2D eigenvalue weighted by atomic mass is 10.1. The van der Waals surface area contributed by atoms with Crippen molar-refractivity contribution in [3.63, 3.8) is 0 Å². The molecule has 1 aromatic heterocycles. The van der Waals surface area contributed by atoms with Crippen LogP contribution in [0.1, 0.15) is 31.0 Å². The maximum absolute atomic E-state index is 9.11. The number of aliphatic hydroxyl groups excluding tert-OH is 1. The first-order valence-corrected chi connectivity index (χ1v) is 5.85. The number of nitrogens with zero attached hydrogens (tertiary/aromatic N) is 1. The first-order chi connectivity index (χ1) is 7.65. The van der Waals surface area contributed by atoms with Crippen LogP contribution in [0.4, 0.5) is 0 Å². The van der Waals surface area contributed by atoms with Gasteiger partial charge in [0.2, 0.25) is 0 Å². The van der Waals surface area contributed by atoms with E-state index in [0.717, 1.165) is 6.42 Å². The van der Waals surface area contributed by atoms with Gasteiger partial charge in [-0.25, -0.2) is 0 Å². The normalized spacial score (nSPS) is 11.6. The molecule has 16 heavy (non-hydrogen) atoms. The van der Waals surface area contributed by atoms with Crippen molar-refractivity contribution in [3.8, 4) is 0 Å². The highest BCUT2D eigenvalue weighted by Crippen LogP contribution is 2.27. The quantitative estimate of drug-likeness (QED) is 0.839. The molecule has 2 aromatic rings. The van der Waals surface area contributed by atoms with Gasteiger partial charge in [0.15, 0.2) is 0 Å². The summed E-state index contributed by atoms with van der Waals surface area (Å²) < 4.78 is 2.29. The summed E-state index contributed by atoms with van der Waals surface area (Å²) in [5, 5.41) is 10.4. The fraction of sp³-hybridized carbons (Fsp3) is 0.429. The van der Waals surface area contributed by atoms with Crippen molar-refractivity contribution in [2.45, 2.75) is 33.2 Å². The third-order valence-corrected chi connectivity index (χ3v) is 3.08. The summed E-state index contributed by atoms with van der Waals surface area (Å²) in [5.74, 6) is 0. The Morgan fingerprint density at radius 1 is 1.31 bits per heavy atom. The highest BCUT2D eigenvalue weighted by Gasteiger charge is 2.11. The molecule has 0 fully saturated rings. The number of aromatic nitrogens is 1. The van der Waals surface area contributed by atoms with E-state index in [1.165, 1.54) is 22.0 Å². The molecule has 0 saturated heterocycles. The zero-order chi connectivity index (χ0) is 11.7. The van der Waals surface area contributed by atoms with E-state index in [1.807, 2.05) is 0 Å². The molecule has 0 radical (unpaired) electrons. The molecule has 0 amide bonds. The summed E-state index contributed by atoms with van der Waals surface area (Å²) in [5.41, 5.74) is 3.82. The summed E-state index contributed by atoms with van der Waals surface area (Å²) in [4.78, 5) is 0. The van der Waals surface area contributed by atoms with Crippen LogP contribution in [0.15, 0.2) is 24.4 Å². The lowest BCUT2D eigenvalue weighted by molar-refractivity contribution is 0.300. The highest BCUT2D eigenvalue weighted by molar-refractivity contribution is 5.87. The molecule has 2 heteroatoms. The average Bonchev–Trinajstić information content (AvgIpc) is 2.59. The smallest absolute Gasteiger partial charge is 0.0488 e. The Morgan fingerprint density at radius 3 is 2.69 bits per heavy atom. The Bertz CT molecular complexity index is 497. The van der Waals surface area contributed by atoms with Crippen molar-refractivity contribution in [2.24, 2.45) is 0 Å². The van der Waals surface area contributed by atoms with Gasteiger partial charge in [0.25, 0.3) is 0 Å². The third-order valence-electron chi connectivity index (χ3n) is 3.08. The number of aliphatic hydroxyl groups is 1. The van der Waals surface area contributed by atoms with Crippen LogP contribution in [0.3, 0.4) is 0 Å². The molecule has 2 rings (SSSR count). The van der Waals surface area contributed by atoms with Crippen LogP contribution in [0.5, 0.6) is 0 Å². The van der Waals surface area contributed by atoms with Gasteiger partial charge >= 0.3 is 0 Å². The predicted molar refractivity (Wildman–Crippen MR) is 67.8 cm³/mol. The van der Waals surface area contributed by atoms with Crippen molar-refractivity contribution in [2.75, 3.05) is 6.61 Å². The molecule has 0 aliphatic heterocycles. The van der Waals surface area contributed by atoms with Gasteiger partial charge in [-0.1, -0.05) is 12.1 Å². The van der Waals surface area contributed by atoms with E-state index in [-0.39, 0.29) is 6.61 Å². The van der Waals surface area contributed by atoms with Gasteiger partial charge in [-0.05, 0) is 44.4 Å². The molecule has 1 N–H and O–H groups in total. The molecular formula is C14H19NO. The van der Waals surface area contributed by atoms with Crippen LogP contribution in [-0.2, 0) is 6.42 Å². The van der Waals surface area contributed by atoms with Crippen molar-refractivity contribution in [3.05, 3.63) is 35.5 Å². The first-order valence-electron chi connectivity index (χ1n) is 5.85. The molecule has 0 unspecified atom stereocenters. The maximum atomic E-state index is 9.11. The van der Waals surface area contributed by atoms with E-state index >= 15 is 0 Å². The standard InChI is InChI=1S/C14H19NO/c1-10(2)15-9-12(7-8-16)14-11(3)5-4-6-13(14)15/h4-6,9-10,16H,7-8H2,1-3H3. The number of hydrogen-bond acceptors (Lipinski definition) is 1. The topological polar surface area (TPSA) is 25.2 Å². The van der Waals surface area contributed by atoms with Gasteiger partial charge in [-0.3, -0.25) is 0 Å². The summed E-state index contributed by atoms with van der Waals surface area (Å²) >= 11 is 0. The van der Waals surface area contributed by atoms with E-state index < -0.39 is 0 Å². The average molecular weight is 217 g/mol. The molecule has 1 heterocycles. The minimum atomic E-state index is 0.214. The van der Waals surface area contributed by atoms with Crippen molar-refractivity contribution < 1.29 is 5.11 Å². The zero-order valence-corrected chi connectivity index (χ0v) is 10.2. The Hall–Kier alpha value is -1.28. The van der Waals surface area contributed by atoms with Gasteiger partial charge in [-0.2, -0.15) is 0 Å². The van der Waals surface area contributed by atoms with Crippen LogP contribution in [-0.4, -0.2) is 16.3 Å². The largest absolute Gasteiger partial charge is 0.396 e. The van der Waals surface area contributed by atoms with Crippen LogP contribution in [0.2, 0.25) is 0 Å². The van der Waals surface area contributed by atoms with E-state index in [1.54, 1.807) is 0 Å². The fourth-order valence-electron chi connectivity index (χ4n) is 2.32. The van der Waals surface area contributed by atoms with Crippen LogP contribution in [0, 0.1) is 6.92 Å². The molecule has 1 aromatic carbocycles. The molecule has 2 nitrogen and oxygen atoms in total. The summed E-state index contributed by atoms with van der Waals surface area (Å²) in [6.45, 7) is 6.72. The monoisotopic (exact) mass is 217 g/mol. The van der Waals surface area contributed by atoms with E-state index in [4.69, 9.17) is 5.11 Å². The molecule has 86 valence electrons. The van der Waals surface area contributed by atoms with Crippen molar-refractivity contribution in [1.29, 1.82) is 0 Å². The summed E-state index contributed by atoms with van der Waals surface area (Å²) in [6, 6.07) is 6.84. The lowest BCUT2D eigenvalue weighted by Crippen LogP contribution is -1.98. The van der Waals surface area contributed by atoms with E-state index in [2.05, 4.69) is 49.7 Å². The first kappa shape index (κ1) is 11.2. The molecule has 0 bridgehead atoms. The van der Waals surface area contributed by atoms with Crippen molar-refractivity contribution >= 4 is 10.9 Å². The second-order valence-electron chi connectivity index (χ2n) is 4.60. The summed E-state index contributed by atoms with van der Waals surface area (Å²) in [7, 11) is 0. The Labute approximate surface area is 96.5 Å². The van der Waals surface area contributed by atoms with Gasteiger partial charge in [0, 0.05) is 29.7 Å². The Kier molecular flexibility index (Phi) is 3.01. The molecule has 0 saturated carbocycles. The van der Waals surface area contributed by atoms with Gasteiger partial charge in [0.05, 0.1) is 0 Å². The fourth-order valence-corrected chi connectivity index (χ4v) is 2.32. The van der Waals surface area contributed by atoms with Gasteiger partial charge in [0.1, 0.15) is 0 Å². The van der Waals surface area contributed by atoms with E-state index in [9.17, 15) is 0 Å². The Balaban J connectivity index is 2.71. The number of rotatable bonds is 3. The van der Waals surface area contributed by atoms with Crippen molar-refractivity contribution in [1.82, 2.24) is 4.57 Å². The molecule has 0 spiro atoms. The SMILES string of the molecule is Cc1cccc2c1c(CCO)cn2C(C)C. The number of fused-ring (bicyclic) bond motifs is 1.